The van der Waals surface area contributed by atoms with E-state index in [4.69, 9.17) is 16.9 Å². The van der Waals surface area contributed by atoms with Gasteiger partial charge in [0, 0.05) is 52.4 Å². The van der Waals surface area contributed by atoms with Crippen LogP contribution in [0.4, 0.5) is 19.0 Å². The SMILES string of the molecule is CN(CCC#N)S(=O)(=O)N1CCCN(c2ncc(C(F)(F)F)cc2Cl)CC1. The Kier molecular flexibility index (Phi) is 6.91. The summed E-state index contributed by atoms with van der Waals surface area (Å²) in [5, 5.41) is 8.48. The van der Waals surface area contributed by atoms with E-state index in [9.17, 15) is 21.6 Å². The molecule has 1 fully saturated rings. The minimum Gasteiger partial charge on any atom is -0.354 e. The Morgan fingerprint density at radius 1 is 1.33 bits per heavy atom. The summed E-state index contributed by atoms with van der Waals surface area (Å²) in [6, 6.07) is 2.72. The van der Waals surface area contributed by atoms with Crippen LogP contribution in [0, 0.1) is 11.3 Å². The van der Waals surface area contributed by atoms with Crippen molar-refractivity contribution in [3.8, 4) is 6.07 Å². The first-order valence-electron chi connectivity index (χ1n) is 8.13. The number of nitrogens with zero attached hydrogens (tertiary/aromatic N) is 5. The van der Waals surface area contributed by atoms with E-state index in [1.807, 2.05) is 6.07 Å². The van der Waals surface area contributed by atoms with Gasteiger partial charge in [0.2, 0.25) is 0 Å². The standard InChI is InChI=1S/C15H19ClF3N5O2S/c1-22(5-2-4-20)27(25,26)24-7-3-6-23(8-9-24)14-13(16)10-12(11-21-14)15(17,18)19/h10-11H,2-3,5-9H2,1H3. The first-order chi connectivity index (χ1) is 12.6. The lowest BCUT2D eigenvalue weighted by molar-refractivity contribution is -0.137. The summed E-state index contributed by atoms with van der Waals surface area (Å²) < 4.78 is 65.8. The second-order valence-corrected chi connectivity index (χ2v) is 8.45. The molecule has 1 aliphatic rings. The Labute approximate surface area is 161 Å². The largest absolute Gasteiger partial charge is 0.417 e. The van der Waals surface area contributed by atoms with Gasteiger partial charge in [0.15, 0.2) is 0 Å². The molecule has 1 aliphatic heterocycles. The molecule has 0 saturated carbocycles. The van der Waals surface area contributed by atoms with Gasteiger partial charge in [0.05, 0.1) is 16.7 Å². The van der Waals surface area contributed by atoms with Gasteiger partial charge >= 0.3 is 6.18 Å². The highest BCUT2D eigenvalue weighted by atomic mass is 35.5. The van der Waals surface area contributed by atoms with E-state index >= 15 is 0 Å². The highest BCUT2D eigenvalue weighted by Gasteiger charge is 2.33. The number of hydrogen-bond acceptors (Lipinski definition) is 5. The predicted molar refractivity (Wildman–Crippen MR) is 94.4 cm³/mol. The highest BCUT2D eigenvalue weighted by Crippen LogP contribution is 2.33. The molecule has 0 spiro atoms. The summed E-state index contributed by atoms with van der Waals surface area (Å²) in [6.45, 7) is 1.13. The van der Waals surface area contributed by atoms with E-state index in [0.29, 0.717) is 13.0 Å². The predicted octanol–water partition coefficient (Wildman–Crippen LogP) is 2.36. The van der Waals surface area contributed by atoms with Gasteiger partial charge in [0.1, 0.15) is 5.82 Å². The Bertz CT molecular complexity index is 813. The third-order valence-corrected chi connectivity index (χ3v) is 6.43. The molecule has 1 saturated heterocycles. The van der Waals surface area contributed by atoms with Crippen LogP contribution in [-0.2, 0) is 16.4 Å². The van der Waals surface area contributed by atoms with Gasteiger partial charge in [-0.3, -0.25) is 0 Å². The summed E-state index contributed by atoms with van der Waals surface area (Å²) in [5.41, 5.74) is -0.936. The molecule has 0 radical (unpaired) electrons. The molecule has 150 valence electrons. The monoisotopic (exact) mass is 425 g/mol. The van der Waals surface area contributed by atoms with Crippen LogP contribution in [0.5, 0.6) is 0 Å². The normalized spacial score (nSPS) is 17.0. The molecule has 0 N–H and O–H groups in total. The lowest BCUT2D eigenvalue weighted by Gasteiger charge is -2.26. The zero-order valence-electron chi connectivity index (χ0n) is 14.6. The molecule has 0 aliphatic carbocycles. The van der Waals surface area contributed by atoms with E-state index in [-0.39, 0.29) is 43.4 Å². The third-order valence-electron chi connectivity index (χ3n) is 4.16. The van der Waals surface area contributed by atoms with Crippen LogP contribution in [0.1, 0.15) is 18.4 Å². The summed E-state index contributed by atoms with van der Waals surface area (Å²) >= 11 is 5.98. The van der Waals surface area contributed by atoms with Crippen molar-refractivity contribution in [2.24, 2.45) is 0 Å². The molecule has 2 heterocycles. The second kappa shape index (κ2) is 8.60. The maximum absolute atomic E-state index is 12.7. The topological polar surface area (TPSA) is 80.5 Å². The van der Waals surface area contributed by atoms with Crippen LogP contribution in [0.25, 0.3) is 0 Å². The molecule has 0 unspecified atom stereocenters. The van der Waals surface area contributed by atoms with E-state index < -0.39 is 21.9 Å². The fourth-order valence-electron chi connectivity index (χ4n) is 2.67. The maximum Gasteiger partial charge on any atom is 0.417 e. The summed E-state index contributed by atoms with van der Waals surface area (Å²) in [5.74, 6) is 0.196. The van der Waals surface area contributed by atoms with Crippen molar-refractivity contribution >= 4 is 27.6 Å². The molecule has 1 aromatic heterocycles. The van der Waals surface area contributed by atoms with Crippen molar-refractivity contribution in [3.05, 3.63) is 22.8 Å². The molecule has 1 aromatic rings. The number of anilines is 1. The molecule has 0 aromatic carbocycles. The van der Waals surface area contributed by atoms with Gasteiger partial charge in [-0.15, -0.1) is 0 Å². The van der Waals surface area contributed by atoms with Gasteiger partial charge in [-0.1, -0.05) is 11.6 Å². The van der Waals surface area contributed by atoms with E-state index in [2.05, 4.69) is 4.98 Å². The van der Waals surface area contributed by atoms with Crippen molar-refractivity contribution in [2.45, 2.75) is 19.0 Å². The van der Waals surface area contributed by atoms with Gasteiger partial charge in [-0.2, -0.15) is 35.5 Å². The van der Waals surface area contributed by atoms with E-state index in [1.165, 1.54) is 11.4 Å². The maximum atomic E-state index is 12.7. The Hall–Kier alpha value is -1.61. The van der Waals surface area contributed by atoms with Crippen molar-refractivity contribution in [1.29, 1.82) is 5.26 Å². The molecule has 0 bridgehead atoms. The first-order valence-corrected chi connectivity index (χ1v) is 9.91. The van der Waals surface area contributed by atoms with Crippen LogP contribution in [-0.4, -0.2) is 61.8 Å². The average Bonchev–Trinajstić information content (AvgIpc) is 2.85. The fourth-order valence-corrected chi connectivity index (χ4v) is 4.35. The molecule has 2 rings (SSSR count). The van der Waals surface area contributed by atoms with Crippen molar-refractivity contribution < 1.29 is 21.6 Å². The van der Waals surface area contributed by atoms with Crippen molar-refractivity contribution in [3.63, 3.8) is 0 Å². The van der Waals surface area contributed by atoms with Crippen molar-refractivity contribution in [1.82, 2.24) is 13.6 Å². The zero-order valence-corrected chi connectivity index (χ0v) is 16.1. The molecule has 0 atom stereocenters. The minimum atomic E-state index is -4.53. The van der Waals surface area contributed by atoms with E-state index in [0.717, 1.165) is 16.6 Å². The summed E-state index contributed by atoms with van der Waals surface area (Å²) in [6.07, 6.45) is -3.27. The second-order valence-electron chi connectivity index (χ2n) is 6.00. The summed E-state index contributed by atoms with van der Waals surface area (Å²) in [7, 11) is -2.31. The highest BCUT2D eigenvalue weighted by molar-refractivity contribution is 7.86. The summed E-state index contributed by atoms with van der Waals surface area (Å²) in [4.78, 5) is 5.51. The van der Waals surface area contributed by atoms with E-state index in [1.54, 1.807) is 4.90 Å². The average molecular weight is 426 g/mol. The number of rotatable bonds is 5. The fraction of sp³-hybridized carbons (Fsp3) is 0.600. The van der Waals surface area contributed by atoms with Gasteiger partial charge in [-0.25, -0.2) is 4.98 Å². The molecule has 12 heteroatoms. The number of halogens is 4. The van der Waals surface area contributed by atoms with Gasteiger partial charge < -0.3 is 4.90 Å². The zero-order chi connectivity index (χ0) is 20.2. The number of aromatic nitrogens is 1. The molecule has 27 heavy (non-hydrogen) atoms. The minimum absolute atomic E-state index is 0.0841. The third kappa shape index (κ3) is 5.22. The first kappa shape index (κ1) is 21.7. The van der Waals surface area contributed by atoms with Crippen LogP contribution in [0.15, 0.2) is 12.3 Å². The number of hydrogen-bond donors (Lipinski definition) is 0. The lowest BCUT2D eigenvalue weighted by atomic mass is 10.2. The molecular weight excluding hydrogens is 407 g/mol. The molecule has 7 nitrogen and oxygen atoms in total. The molecular formula is C15H19ClF3N5O2S. The van der Waals surface area contributed by atoms with Gasteiger partial charge in [-0.05, 0) is 12.5 Å². The lowest BCUT2D eigenvalue weighted by Crippen LogP contribution is -2.44. The van der Waals surface area contributed by atoms with Crippen LogP contribution in [0.3, 0.4) is 0 Å². The smallest absolute Gasteiger partial charge is 0.354 e. The van der Waals surface area contributed by atoms with Crippen LogP contribution in [0.2, 0.25) is 5.02 Å². The Morgan fingerprint density at radius 3 is 2.63 bits per heavy atom. The Morgan fingerprint density at radius 2 is 2.04 bits per heavy atom. The van der Waals surface area contributed by atoms with Gasteiger partial charge in [0.25, 0.3) is 10.2 Å². The number of pyridine rings is 1. The number of nitriles is 1. The quantitative estimate of drug-likeness (QED) is 0.723. The van der Waals surface area contributed by atoms with Crippen LogP contribution < -0.4 is 4.90 Å². The molecule has 0 amide bonds. The Balaban J connectivity index is 2.12. The number of alkyl halides is 3. The van der Waals surface area contributed by atoms with Crippen LogP contribution >= 0.6 is 11.6 Å². The van der Waals surface area contributed by atoms with Crippen molar-refractivity contribution in [2.75, 3.05) is 44.7 Å².